The van der Waals surface area contributed by atoms with Crippen molar-refractivity contribution in [3.8, 4) is 5.75 Å². The van der Waals surface area contributed by atoms with Gasteiger partial charge >= 0.3 is 5.97 Å². The van der Waals surface area contributed by atoms with Gasteiger partial charge in [-0.3, -0.25) is 19.5 Å². The SMILES string of the molecule is COC(=O)C1=C(C)N=c2sc(=Cc3cc(Br)ccc3OCc3ccc([N+](=O)[O-])cc3)c(=O)n2C1c1ccccc1. The number of hydrogen-bond acceptors (Lipinski definition) is 8. The zero-order valence-corrected chi connectivity index (χ0v) is 23.8. The fraction of sp³-hybridized carbons (Fsp3) is 0.138. The number of thiazole rings is 1. The first-order chi connectivity index (χ1) is 19.3. The van der Waals surface area contributed by atoms with E-state index in [-0.39, 0.29) is 17.9 Å². The van der Waals surface area contributed by atoms with Crippen molar-refractivity contribution in [2.45, 2.75) is 19.6 Å². The predicted octanol–water partition coefficient (Wildman–Crippen LogP) is 4.66. The van der Waals surface area contributed by atoms with Crippen LogP contribution in [0, 0.1) is 10.1 Å². The summed E-state index contributed by atoms with van der Waals surface area (Å²) in [6.07, 6.45) is 1.74. The molecule has 0 N–H and O–H groups in total. The number of methoxy groups -OCH3 is 1. The van der Waals surface area contributed by atoms with E-state index in [1.54, 1.807) is 31.2 Å². The van der Waals surface area contributed by atoms with Crippen molar-refractivity contribution in [2.24, 2.45) is 4.99 Å². The number of rotatable bonds is 7. The van der Waals surface area contributed by atoms with Gasteiger partial charge in [0.25, 0.3) is 11.2 Å². The minimum Gasteiger partial charge on any atom is -0.488 e. The quantitative estimate of drug-likeness (QED) is 0.169. The first kappa shape index (κ1) is 27.2. The van der Waals surface area contributed by atoms with E-state index >= 15 is 0 Å². The van der Waals surface area contributed by atoms with Crippen molar-refractivity contribution >= 4 is 45.0 Å². The molecule has 11 heteroatoms. The minimum absolute atomic E-state index is 0.00264. The average molecular weight is 620 g/mol. The summed E-state index contributed by atoms with van der Waals surface area (Å²) in [5, 5.41) is 10.9. The zero-order chi connectivity index (χ0) is 28.4. The maximum Gasteiger partial charge on any atom is 0.338 e. The lowest BCUT2D eigenvalue weighted by Gasteiger charge is -2.24. The Kier molecular flexibility index (Phi) is 7.76. The number of allylic oxidation sites excluding steroid dienone is 1. The number of carbonyl (C=O) groups is 1. The molecule has 0 saturated carbocycles. The molecule has 0 aliphatic carbocycles. The van der Waals surface area contributed by atoms with Gasteiger partial charge < -0.3 is 9.47 Å². The van der Waals surface area contributed by atoms with Crippen LogP contribution in [0.2, 0.25) is 0 Å². The third kappa shape index (κ3) is 5.38. The van der Waals surface area contributed by atoms with Crippen molar-refractivity contribution in [3.05, 3.63) is 135 Å². The number of nitro benzene ring substituents is 1. The first-order valence-corrected chi connectivity index (χ1v) is 13.7. The van der Waals surface area contributed by atoms with Crippen LogP contribution in [0.25, 0.3) is 6.08 Å². The standard InChI is InChI=1S/C29H22BrN3O6S/c1-17-25(28(35)38-2)26(19-6-4-3-5-7-19)32-27(34)24(40-29(32)31-17)15-20-14-21(30)10-13-23(20)39-16-18-8-11-22(12-9-18)33(36)37/h3-15,26H,16H2,1-2H3. The van der Waals surface area contributed by atoms with Crippen LogP contribution >= 0.6 is 27.3 Å². The van der Waals surface area contributed by atoms with Crippen molar-refractivity contribution in [1.82, 2.24) is 4.57 Å². The lowest BCUT2D eigenvalue weighted by atomic mass is 9.96. The Morgan fingerprint density at radius 1 is 1.15 bits per heavy atom. The molecule has 0 spiro atoms. The lowest BCUT2D eigenvalue weighted by molar-refractivity contribution is -0.384. The van der Waals surface area contributed by atoms with Gasteiger partial charge in [-0.25, -0.2) is 9.79 Å². The Morgan fingerprint density at radius 2 is 1.88 bits per heavy atom. The topological polar surface area (TPSA) is 113 Å². The molecular formula is C29H22BrN3O6S. The van der Waals surface area contributed by atoms with E-state index < -0.39 is 16.9 Å². The molecule has 2 heterocycles. The van der Waals surface area contributed by atoms with E-state index in [4.69, 9.17) is 9.47 Å². The van der Waals surface area contributed by atoms with Crippen LogP contribution < -0.4 is 19.6 Å². The maximum absolute atomic E-state index is 13.8. The number of benzene rings is 3. The summed E-state index contributed by atoms with van der Waals surface area (Å²) in [6, 6.07) is 20.2. The third-order valence-electron chi connectivity index (χ3n) is 6.34. The minimum atomic E-state index is -0.688. The van der Waals surface area contributed by atoms with Gasteiger partial charge in [0, 0.05) is 22.2 Å². The van der Waals surface area contributed by atoms with Crippen molar-refractivity contribution < 1.29 is 19.2 Å². The monoisotopic (exact) mass is 619 g/mol. The van der Waals surface area contributed by atoms with Crippen LogP contribution in [0.5, 0.6) is 5.75 Å². The molecule has 0 fully saturated rings. The highest BCUT2D eigenvalue weighted by atomic mass is 79.9. The fourth-order valence-electron chi connectivity index (χ4n) is 4.42. The third-order valence-corrected chi connectivity index (χ3v) is 7.82. The number of esters is 1. The molecule has 0 saturated heterocycles. The molecule has 1 atom stereocenters. The van der Waals surface area contributed by atoms with Crippen molar-refractivity contribution in [1.29, 1.82) is 0 Å². The number of nitro groups is 1. The molecule has 1 aromatic heterocycles. The van der Waals surface area contributed by atoms with Gasteiger partial charge in [-0.2, -0.15) is 0 Å². The van der Waals surface area contributed by atoms with E-state index in [1.807, 2.05) is 42.5 Å². The summed E-state index contributed by atoms with van der Waals surface area (Å²) in [7, 11) is 1.31. The van der Waals surface area contributed by atoms with Gasteiger partial charge in [-0.1, -0.05) is 57.6 Å². The number of non-ortho nitro benzene ring substituents is 1. The van der Waals surface area contributed by atoms with E-state index in [0.29, 0.717) is 31.9 Å². The summed E-state index contributed by atoms with van der Waals surface area (Å²) in [6.45, 7) is 1.91. The highest BCUT2D eigenvalue weighted by molar-refractivity contribution is 9.10. The highest BCUT2D eigenvalue weighted by Gasteiger charge is 2.32. The molecule has 5 rings (SSSR count). The van der Waals surface area contributed by atoms with E-state index in [2.05, 4.69) is 20.9 Å². The van der Waals surface area contributed by atoms with E-state index in [0.717, 1.165) is 15.6 Å². The lowest BCUT2D eigenvalue weighted by Crippen LogP contribution is -2.39. The molecule has 9 nitrogen and oxygen atoms in total. The maximum atomic E-state index is 13.8. The van der Waals surface area contributed by atoms with Gasteiger partial charge in [0.15, 0.2) is 4.80 Å². The van der Waals surface area contributed by atoms with Crippen LogP contribution in [0.15, 0.2) is 98.3 Å². The largest absolute Gasteiger partial charge is 0.488 e. The van der Waals surface area contributed by atoms with Gasteiger partial charge in [0.05, 0.1) is 33.9 Å². The molecule has 1 unspecified atom stereocenters. The molecule has 4 aromatic rings. The van der Waals surface area contributed by atoms with E-state index in [1.165, 1.54) is 35.1 Å². The van der Waals surface area contributed by atoms with Gasteiger partial charge in [0.2, 0.25) is 0 Å². The number of aromatic nitrogens is 1. The van der Waals surface area contributed by atoms with Gasteiger partial charge in [-0.15, -0.1) is 0 Å². The Morgan fingerprint density at radius 3 is 2.55 bits per heavy atom. The normalized spacial score (nSPS) is 14.9. The van der Waals surface area contributed by atoms with E-state index in [9.17, 15) is 19.7 Å². The second-order valence-corrected chi connectivity index (χ2v) is 10.8. The molecule has 40 heavy (non-hydrogen) atoms. The predicted molar refractivity (Wildman–Crippen MR) is 154 cm³/mol. The number of nitrogens with zero attached hydrogens (tertiary/aromatic N) is 3. The number of halogens is 1. The summed E-state index contributed by atoms with van der Waals surface area (Å²) in [4.78, 5) is 42.2. The van der Waals surface area contributed by atoms with Crippen LogP contribution in [0.1, 0.15) is 29.7 Å². The fourth-order valence-corrected chi connectivity index (χ4v) is 5.84. The smallest absolute Gasteiger partial charge is 0.338 e. The molecule has 1 aliphatic heterocycles. The number of ether oxygens (including phenoxy) is 2. The van der Waals surface area contributed by atoms with Crippen LogP contribution in [0.3, 0.4) is 0 Å². The zero-order valence-electron chi connectivity index (χ0n) is 21.4. The van der Waals surface area contributed by atoms with Gasteiger partial charge in [0.1, 0.15) is 12.4 Å². The van der Waals surface area contributed by atoms with Crippen LogP contribution in [0.4, 0.5) is 5.69 Å². The summed E-state index contributed by atoms with van der Waals surface area (Å²) >= 11 is 4.71. The molecular weight excluding hydrogens is 598 g/mol. The number of hydrogen-bond donors (Lipinski definition) is 0. The average Bonchev–Trinajstić information content (AvgIpc) is 3.26. The summed E-state index contributed by atoms with van der Waals surface area (Å²) in [5.74, 6) is -0.0169. The molecule has 0 bridgehead atoms. The molecule has 202 valence electrons. The first-order valence-electron chi connectivity index (χ1n) is 12.1. The second kappa shape index (κ2) is 11.4. The Hall–Kier alpha value is -4.35. The molecule has 3 aromatic carbocycles. The summed E-state index contributed by atoms with van der Waals surface area (Å²) in [5.41, 5.74) is 2.68. The summed E-state index contributed by atoms with van der Waals surface area (Å²) < 4.78 is 13.8. The molecule has 0 amide bonds. The molecule has 1 aliphatic rings. The number of fused-ring (bicyclic) bond motifs is 1. The Balaban J connectivity index is 1.57. The van der Waals surface area contributed by atoms with Crippen molar-refractivity contribution in [2.75, 3.05) is 7.11 Å². The highest BCUT2D eigenvalue weighted by Crippen LogP contribution is 2.30. The second-order valence-electron chi connectivity index (χ2n) is 8.88. The van der Waals surface area contributed by atoms with Crippen LogP contribution in [-0.4, -0.2) is 22.6 Å². The van der Waals surface area contributed by atoms with Crippen LogP contribution in [-0.2, 0) is 16.1 Å². The van der Waals surface area contributed by atoms with Gasteiger partial charge in [-0.05, 0) is 54.5 Å². The number of carbonyl (C=O) groups excluding carboxylic acids is 1. The molecule has 0 radical (unpaired) electrons. The Labute approximate surface area is 240 Å². The van der Waals surface area contributed by atoms with Crippen molar-refractivity contribution in [3.63, 3.8) is 0 Å². The Bertz CT molecular complexity index is 1830.